The van der Waals surface area contributed by atoms with Crippen LogP contribution < -0.4 is 0 Å². The summed E-state index contributed by atoms with van der Waals surface area (Å²) >= 11 is 7.05. The van der Waals surface area contributed by atoms with E-state index in [1.165, 1.54) is 43.2 Å². The van der Waals surface area contributed by atoms with E-state index in [-0.39, 0.29) is 0 Å². The van der Waals surface area contributed by atoms with Gasteiger partial charge in [0.2, 0.25) is 0 Å². The maximum atomic E-state index is 5.18. The van der Waals surface area contributed by atoms with Crippen molar-refractivity contribution in [3.8, 4) is 11.4 Å². The normalized spacial score (nSPS) is 15.6. The third-order valence-electron chi connectivity index (χ3n) is 3.43. The van der Waals surface area contributed by atoms with Gasteiger partial charge in [0.25, 0.3) is 0 Å². The second-order valence-corrected chi connectivity index (χ2v) is 5.87. The molecule has 1 aliphatic carbocycles. The first-order valence-corrected chi connectivity index (χ1v) is 7.27. The third-order valence-corrected chi connectivity index (χ3v) is 4.89. The molecule has 5 heteroatoms. The molecule has 2 aromatic heterocycles. The predicted octanol–water partition coefficient (Wildman–Crippen LogP) is 3.48. The maximum Gasteiger partial charge on any atom is 0.195 e. The van der Waals surface area contributed by atoms with Crippen LogP contribution in [0.3, 0.4) is 0 Å². The zero-order valence-electron chi connectivity index (χ0n) is 9.82. The smallest absolute Gasteiger partial charge is 0.195 e. The van der Waals surface area contributed by atoms with E-state index in [0.717, 1.165) is 5.82 Å². The summed E-state index contributed by atoms with van der Waals surface area (Å²) in [5.74, 6) is 0.981. The Bertz CT molecular complexity index is 591. The van der Waals surface area contributed by atoms with Crippen LogP contribution in [0.1, 0.15) is 29.7 Å². The number of aryl methyl sites for hydroxylation is 1. The molecule has 0 bridgehead atoms. The lowest BCUT2D eigenvalue weighted by Crippen LogP contribution is -1.95. The minimum Gasteiger partial charge on any atom is -0.303 e. The summed E-state index contributed by atoms with van der Waals surface area (Å²) in [7, 11) is 1.97. The summed E-state index contributed by atoms with van der Waals surface area (Å²) in [6.07, 6.45) is 6.39. The Hall–Kier alpha value is -0.940. The van der Waals surface area contributed by atoms with Crippen molar-refractivity contribution in [2.24, 2.45) is 7.05 Å². The van der Waals surface area contributed by atoms with Crippen LogP contribution in [0.25, 0.3) is 11.4 Å². The van der Waals surface area contributed by atoms with E-state index in [9.17, 15) is 0 Å². The van der Waals surface area contributed by atoms with Crippen molar-refractivity contribution in [2.75, 3.05) is 0 Å². The maximum absolute atomic E-state index is 5.18. The fourth-order valence-electron chi connectivity index (χ4n) is 2.45. The van der Waals surface area contributed by atoms with Crippen LogP contribution in [0.15, 0.2) is 5.38 Å². The number of fused-ring (bicyclic) bond motifs is 1. The Morgan fingerprint density at radius 3 is 2.94 bits per heavy atom. The fraction of sp³-hybridized carbons (Fsp3) is 0.500. The highest BCUT2D eigenvalue weighted by molar-refractivity contribution is 7.71. The summed E-state index contributed by atoms with van der Waals surface area (Å²) < 4.78 is 2.65. The van der Waals surface area contributed by atoms with Crippen LogP contribution in [-0.4, -0.2) is 14.8 Å². The molecule has 0 atom stereocenters. The second kappa shape index (κ2) is 4.38. The Labute approximate surface area is 109 Å². The van der Waals surface area contributed by atoms with Gasteiger partial charge in [0.05, 0.1) is 0 Å². The first-order valence-electron chi connectivity index (χ1n) is 5.98. The van der Waals surface area contributed by atoms with Gasteiger partial charge in [-0.25, -0.2) is 0 Å². The van der Waals surface area contributed by atoms with E-state index in [1.54, 1.807) is 4.88 Å². The van der Waals surface area contributed by atoms with E-state index in [0.29, 0.717) is 4.77 Å². The molecule has 1 aliphatic rings. The Balaban J connectivity index is 2.12. The van der Waals surface area contributed by atoms with Gasteiger partial charge in [0.15, 0.2) is 10.6 Å². The Morgan fingerprint density at radius 2 is 2.18 bits per heavy atom. The van der Waals surface area contributed by atoms with Crippen molar-refractivity contribution in [3.05, 3.63) is 20.6 Å². The summed E-state index contributed by atoms with van der Waals surface area (Å²) in [6.45, 7) is 0. The van der Waals surface area contributed by atoms with Crippen molar-refractivity contribution in [3.63, 3.8) is 0 Å². The quantitative estimate of drug-likeness (QED) is 0.632. The molecule has 0 fully saturated rings. The fourth-order valence-corrected chi connectivity index (χ4v) is 3.70. The average molecular weight is 265 g/mol. The lowest BCUT2D eigenvalue weighted by Gasteiger charge is -2.03. The third kappa shape index (κ3) is 1.87. The molecule has 0 aromatic carbocycles. The van der Waals surface area contributed by atoms with Gasteiger partial charge in [-0.1, -0.05) is 6.42 Å². The molecule has 0 saturated heterocycles. The van der Waals surface area contributed by atoms with Gasteiger partial charge in [-0.15, -0.1) is 11.3 Å². The van der Waals surface area contributed by atoms with Crippen molar-refractivity contribution in [1.82, 2.24) is 14.8 Å². The number of hydrogen-bond donors (Lipinski definition) is 1. The van der Waals surface area contributed by atoms with Gasteiger partial charge < -0.3 is 4.57 Å². The SMILES string of the molecule is Cn1c(-c2csc3c2CCCCC3)n[nH]c1=S. The molecule has 17 heavy (non-hydrogen) atoms. The van der Waals surface area contributed by atoms with Crippen molar-refractivity contribution in [1.29, 1.82) is 0 Å². The zero-order valence-corrected chi connectivity index (χ0v) is 11.5. The molecule has 0 spiro atoms. The molecular weight excluding hydrogens is 250 g/mol. The number of hydrogen-bond acceptors (Lipinski definition) is 3. The number of nitrogens with one attached hydrogen (secondary N) is 1. The van der Waals surface area contributed by atoms with Crippen molar-refractivity contribution in [2.45, 2.75) is 32.1 Å². The van der Waals surface area contributed by atoms with Gasteiger partial charge >= 0.3 is 0 Å². The second-order valence-electron chi connectivity index (χ2n) is 4.52. The molecule has 3 rings (SSSR count). The Kier molecular flexibility index (Phi) is 2.88. The van der Waals surface area contributed by atoms with Crippen LogP contribution in [0, 0.1) is 4.77 Å². The largest absolute Gasteiger partial charge is 0.303 e. The minimum atomic E-state index is 0.688. The van der Waals surface area contributed by atoms with Crippen molar-refractivity contribution < 1.29 is 0 Å². The number of aromatic amines is 1. The average Bonchev–Trinajstić information content (AvgIpc) is 2.76. The van der Waals surface area contributed by atoms with Gasteiger partial charge in [0.1, 0.15) is 0 Å². The lowest BCUT2D eigenvalue weighted by atomic mass is 10.1. The van der Waals surface area contributed by atoms with Crippen LogP contribution in [-0.2, 0) is 19.9 Å². The molecule has 0 saturated carbocycles. The van der Waals surface area contributed by atoms with Gasteiger partial charge in [-0.3, -0.25) is 5.10 Å². The molecule has 2 aromatic rings. The van der Waals surface area contributed by atoms with Crippen LogP contribution in [0.2, 0.25) is 0 Å². The summed E-state index contributed by atoms with van der Waals surface area (Å²) in [4.78, 5) is 1.55. The number of H-pyrrole nitrogens is 1. The predicted molar refractivity (Wildman–Crippen MR) is 73.0 cm³/mol. The van der Waals surface area contributed by atoms with Gasteiger partial charge in [0, 0.05) is 22.9 Å². The minimum absolute atomic E-state index is 0.688. The van der Waals surface area contributed by atoms with Crippen molar-refractivity contribution >= 4 is 23.6 Å². The first-order chi connectivity index (χ1) is 8.27. The highest BCUT2D eigenvalue weighted by atomic mass is 32.1. The van der Waals surface area contributed by atoms with Crippen LogP contribution in [0.5, 0.6) is 0 Å². The van der Waals surface area contributed by atoms with Gasteiger partial charge in [-0.05, 0) is 43.5 Å². The molecular formula is C12H15N3S2. The number of rotatable bonds is 1. The van der Waals surface area contributed by atoms with Crippen LogP contribution in [0.4, 0.5) is 0 Å². The highest BCUT2D eigenvalue weighted by Gasteiger charge is 2.18. The molecule has 2 heterocycles. The molecule has 0 aliphatic heterocycles. The summed E-state index contributed by atoms with van der Waals surface area (Å²) in [5, 5.41) is 9.45. The number of thiophene rings is 1. The number of aromatic nitrogens is 3. The summed E-state index contributed by atoms with van der Waals surface area (Å²) in [6, 6.07) is 0. The lowest BCUT2D eigenvalue weighted by molar-refractivity contribution is 0.712. The molecule has 0 unspecified atom stereocenters. The zero-order chi connectivity index (χ0) is 11.8. The van der Waals surface area contributed by atoms with Gasteiger partial charge in [-0.2, -0.15) is 5.10 Å². The molecule has 90 valence electrons. The number of nitrogens with zero attached hydrogens (tertiary/aromatic N) is 2. The molecule has 0 radical (unpaired) electrons. The van der Waals surface area contributed by atoms with E-state index in [2.05, 4.69) is 15.6 Å². The van der Waals surface area contributed by atoms with E-state index >= 15 is 0 Å². The summed E-state index contributed by atoms with van der Waals surface area (Å²) in [5.41, 5.74) is 2.78. The highest BCUT2D eigenvalue weighted by Crippen LogP contribution is 2.34. The van der Waals surface area contributed by atoms with E-state index in [1.807, 2.05) is 23.0 Å². The molecule has 1 N–H and O–H groups in total. The molecule has 0 amide bonds. The van der Waals surface area contributed by atoms with E-state index in [4.69, 9.17) is 12.2 Å². The standard InChI is InChI=1S/C12H15N3S2/c1-15-11(13-14-12(15)16)9-7-17-10-6-4-2-3-5-8(9)10/h7H,2-6H2,1H3,(H,14,16). The monoisotopic (exact) mass is 265 g/mol. The molecule has 3 nitrogen and oxygen atoms in total. The Morgan fingerprint density at radius 1 is 1.35 bits per heavy atom. The van der Waals surface area contributed by atoms with Crippen LogP contribution >= 0.6 is 23.6 Å². The van der Waals surface area contributed by atoms with E-state index < -0.39 is 0 Å². The first kappa shape index (κ1) is 11.2. The topological polar surface area (TPSA) is 33.6 Å².